The summed E-state index contributed by atoms with van der Waals surface area (Å²) in [6.45, 7) is 3.35. The van der Waals surface area contributed by atoms with E-state index in [2.05, 4.69) is 29.4 Å². The van der Waals surface area contributed by atoms with Gasteiger partial charge in [0.25, 0.3) is 0 Å². The molecule has 1 aromatic rings. The van der Waals surface area contributed by atoms with E-state index in [9.17, 15) is 0 Å². The Morgan fingerprint density at radius 2 is 2.29 bits per heavy atom. The highest BCUT2D eigenvalue weighted by Crippen LogP contribution is 2.21. The second kappa shape index (κ2) is 6.01. The van der Waals surface area contributed by atoms with Crippen LogP contribution in [0.4, 0.5) is 5.82 Å². The van der Waals surface area contributed by atoms with Crippen LogP contribution in [0.5, 0.6) is 0 Å². The van der Waals surface area contributed by atoms with Crippen molar-refractivity contribution in [2.24, 2.45) is 5.92 Å². The van der Waals surface area contributed by atoms with Crippen molar-refractivity contribution in [3.8, 4) is 0 Å². The molecule has 0 saturated carbocycles. The van der Waals surface area contributed by atoms with Crippen LogP contribution >= 0.6 is 0 Å². The maximum atomic E-state index is 8.95. The Kier molecular flexibility index (Phi) is 4.37. The van der Waals surface area contributed by atoms with E-state index in [0.717, 1.165) is 31.6 Å². The quantitative estimate of drug-likeness (QED) is 0.794. The van der Waals surface area contributed by atoms with Gasteiger partial charge < -0.3 is 10.4 Å². The van der Waals surface area contributed by atoms with Crippen molar-refractivity contribution < 1.29 is 5.11 Å². The summed E-state index contributed by atoms with van der Waals surface area (Å²) in [6, 6.07) is 4.28. The van der Waals surface area contributed by atoms with Crippen LogP contribution in [0.1, 0.15) is 37.4 Å². The number of rotatable bonds is 6. The van der Waals surface area contributed by atoms with Crippen LogP contribution in [0.3, 0.4) is 0 Å². The Morgan fingerprint density at radius 3 is 3.06 bits per heavy atom. The topological polar surface area (TPSA) is 45.1 Å². The molecule has 1 heterocycles. The molecule has 0 aromatic carbocycles. The van der Waals surface area contributed by atoms with E-state index >= 15 is 0 Å². The monoisotopic (exact) mass is 234 g/mol. The number of aryl methyl sites for hydroxylation is 2. The summed E-state index contributed by atoms with van der Waals surface area (Å²) in [5.74, 6) is 1.53. The molecular formula is C14H22N2O. The molecule has 3 heteroatoms. The van der Waals surface area contributed by atoms with Crippen LogP contribution < -0.4 is 5.32 Å². The Morgan fingerprint density at radius 1 is 1.41 bits per heavy atom. The summed E-state index contributed by atoms with van der Waals surface area (Å²) >= 11 is 0. The first kappa shape index (κ1) is 12.4. The Balaban J connectivity index is 1.90. The molecule has 0 radical (unpaired) electrons. The first-order chi connectivity index (χ1) is 8.33. The number of fused-ring (bicyclic) bond motifs is 1. The third kappa shape index (κ3) is 3.19. The maximum Gasteiger partial charge on any atom is 0.126 e. The van der Waals surface area contributed by atoms with Gasteiger partial charge in [-0.2, -0.15) is 0 Å². The summed E-state index contributed by atoms with van der Waals surface area (Å²) in [4.78, 5) is 4.65. The first-order valence-corrected chi connectivity index (χ1v) is 6.67. The van der Waals surface area contributed by atoms with E-state index in [-0.39, 0.29) is 6.61 Å². The molecule has 0 aliphatic heterocycles. The van der Waals surface area contributed by atoms with Gasteiger partial charge in [0.1, 0.15) is 5.82 Å². The molecule has 0 amide bonds. The second-order valence-electron chi connectivity index (χ2n) is 4.82. The number of nitrogens with zero attached hydrogens (tertiary/aromatic N) is 1. The third-order valence-electron chi connectivity index (χ3n) is 3.61. The maximum absolute atomic E-state index is 8.95. The van der Waals surface area contributed by atoms with Crippen LogP contribution in [-0.4, -0.2) is 23.2 Å². The zero-order valence-electron chi connectivity index (χ0n) is 10.6. The van der Waals surface area contributed by atoms with Crippen LogP contribution in [0.2, 0.25) is 0 Å². The van der Waals surface area contributed by atoms with Crippen molar-refractivity contribution in [1.82, 2.24) is 4.98 Å². The van der Waals surface area contributed by atoms with Gasteiger partial charge in [0, 0.05) is 18.8 Å². The number of hydrogen-bond acceptors (Lipinski definition) is 3. The van der Waals surface area contributed by atoms with E-state index in [1.165, 1.54) is 24.1 Å². The smallest absolute Gasteiger partial charge is 0.126 e. The molecule has 1 aromatic heterocycles. The van der Waals surface area contributed by atoms with Crippen molar-refractivity contribution in [3.05, 3.63) is 23.4 Å². The predicted octanol–water partition coefficient (Wildman–Crippen LogP) is 2.39. The number of aromatic nitrogens is 1. The number of pyridine rings is 1. The van der Waals surface area contributed by atoms with Crippen molar-refractivity contribution >= 4 is 5.82 Å². The highest BCUT2D eigenvalue weighted by molar-refractivity contribution is 5.40. The lowest BCUT2D eigenvalue weighted by Gasteiger charge is -2.15. The van der Waals surface area contributed by atoms with Gasteiger partial charge in [-0.1, -0.05) is 19.4 Å². The van der Waals surface area contributed by atoms with Crippen molar-refractivity contribution in [2.75, 3.05) is 18.5 Å². The molecule has 94 valence electrons. The summed E-state index contributed by atoms with van der Waals surface area (Å²) in [7, 11) is 0. The summed E-state index contributed by atoms with van der Waals surface area (Å²) in [5.41, 5.74) is 2.68. The SMILES string of the molecule is CCC(CCO)CNc1ccc2c(n1)CCC2. The number of nitrogens with one attached hydrogen (secondary N) is 1. The van der Waals surface area contributed by atoms with Crippen molar-refractivity contribution in [2.45, 2.75) is 39.0 Å². The van der Waals surface area contributed by atoms with E-state index in [4.69, 9.17) is 5.11 Å². The largest absolute Gasteiger partial charge is 0.396 e. The molecular weight excluding hydrogens is 212 g/mol. The highest BCUT2D eigenvalue weighted by atomic mass is 16.3. The lowest BCUT2D eigenvalue weighted by Crippen LogP contribution is -2.15. The van der Waals surface area contributed by atoms with Gasteiger partial charge in [-0.15, -0.1) is 0 Å². The Hall–Kier alpha value is -1.09. The van der Waals surface area contributed by atoms with Crippen LogP contribution in [0.25, 0.3) is 0 Å². The molecule has 0 saturated heterocycles. The lowest BCUT2D eigenvalue weighted by molar-refractivity contribution is 0.258. The fraction of sp³-hybridized carbons (Fsp3) is 0.643. The number of hydrogen-bond donors (Lipinski definition) is 2. The van der Waals surface area contributed by atoms with E-state index < -0.39 is 0 Å². The molecule has 1 atom stereocenters. The number of aliphatic hydroxyl groups is 1. The summed E-state index contributed by atoms with van der Waals surface area (Å²) in [5, 5.41) is 12.3. The number of anilines is 1. The zero-order chi connectivity index (χ0) is 12.1. The molecule has 1 unspecified atom stereocenters. The molecule has 2 N–H and O–H groups in total. The Labute approximate surface area is 103 Å². The van der Waals surface area contributed by atoms with E-state index in [1.807, 2.05) is 0 Å². The van der Waals surface area contributed by atoms with Crippen LogP contribution in [0.15, 0.2) is 12.1 Å². The van der Waals surface area contributed by atoms with Gasteiger partial charge in [0.05, 0.1) is 0 Å². The molecule has 1 aliphatic carbocycles. The number of aliphatic hydroxyl groups excluding tert-OH is 1. The normalized spacial score (nSPS) is 15.6. The minimum absolute atomic E-state index is 0.276. The van der Waals surface area contributed by atoms with E-state index in [1.54, 1.807) is 0 Å². The minimum atomic E-state index is 0.276. The molecule has 0 bridgehead atoms. The van der Waals surface area contributed by atoms with Crippen molar-refractivity contribution in [3.63, 3.8) is 0 Å². The fourth-order valence-corrected chi connectivity index (χ4v) is 2.40. The van der Waals surface area contributed by atoms with Gasteiger partial charge in [0.15, 0.2) is 0 Å². The van der Waals surface area contributed by atoms with E-state index in [0.29, 0.717) is 5.92 Å². The van der Waals surface area contributed by atoms with Crippen LogP contribution in [-0.2, 0) is 12.8 Å². The first-order valence-electron chi connectivity index (χ1n) is 6.67. The summed E-state index contributed by atoms with van der Waals surface area (Å²) < 4.78 is 0. The molecule has 2 rings (SSSR count). The van der Waals surface area contributed by atoms with Gasteiger partial charge in [0.2, 0.25) is 0 Å². The lowest BCUT2D eigenvalue weighted by atomic mass is 10.0. The minimum Gasteiger partial charge on any atom is -0.396 e. The fourth-order valence-electron chi connectivity index (χ4n) is 2.40. The summed E-state index contributed by atoms with van der Waals surface area (Å²) in [6.07, 6.45) is 5.52. The van der Waals surface area contributed by atoms with Crippen molar-refractivity contribution in [1.29, 1.82) is 0 Å². The third-order valence-corrected chi connectivity index (χ3v) is 3.61. The average molecular weight is 234 g/mol. The highest BCUT2D eigenvalue weighted by Gasteiger charge is 2.12. The molecule has 1 aliphatic rings. The standard InChI is InChI=1S/C14H22N2O/c1-2-11(8-9-17)10-15-14-7-6-12-4-3-5-13(12)16-14/h6-7,11,17H,2-5,8-10H2,1H3,(H,15,16). The van der Waals surface area contributed by atoms with Gasteiger partial charge in [-0.25, -0.2) is 4.98 Å². The van der Waals surface area contributed by atoms with Gasteiger partial charge >= 0.3 is 0 Å². The molecule has 0 fully saturated rings. The average Bonchev–Trinajstić information content (AvgIpc) is 2.81. The Bertz CT molecular complexity index is 365. The van der Waals surface area contributed by atoms with Gasteiger partial charge in [-0.05, 0) is 43.2 Å². The zero-order valence-corrected chi connectivity index (χ0v) is 10.6. The predicted molar refractivity (Wildman–Crippen MR) is 70.2 cm³/mol. The van der Waals surface area contributed by atoms with Crippen LogP contribution in [0, 0.1) is 5.92 Å². The molecule has 17 heavy (non-hydrogen) atoms. The molecule has 3 nitrogen and oxygen atoms in total. The van der Waals surface area contributed by atoms with Gasteiger partial charge in [-0.3, -0.25) is 0 Å². The second-order valence-corrected chi connectivity index (χ2v) is 4.82. The molecule has 0 spiro atoms.